The van der Waals surface area contributed by atoms with Crippen molar-refractivity contribution >= 4 is 29.9 Å². The first-order valence-corrected chi connectivity index (χ1v) is 8.12. The summed E-state index contributed by atoms with van der Waals surface area (Å²) in [6, 6.07) is 6.03. The van der Waals surface area contributed by atoms with Crippen LogP contribution in [0.3, 0.4) is 0 Å². The number of nitrogens with one attached hydrogen (secondary N) is 2. The molecular weight excluding hydrogens is 387 g/mol. The van der Waals surface area contributed by atoms with Crippen molar-refractivity contribution in [3.05, 3.63) is 30.1 Å². The fourth-order valence-corrected chi connectivity index (χ4v) is 2.85. The van der Waals surface area contributed by atoms with Crippen LogP contribution in [0.5, 0.6) is 0 Å². The minimum absolute atomic E-state index is 0. The average Bonchev–Trinajstić information content (AvgIpc) is 2.53. The van der Waals surface area contributed by atoms with Crippen molar-refractivity contribution in [2.75, 3.05) is 20.1 Å². The molecule has 4 nitrogen and oxygen atoms in total. The molecule has 0 bridgehead atoms. The second kappa shape index (κ2) is 10.8. The van der Waals surface area contributed by atoms with E-state index in [0.29, 0.717) is 0 Å². The quantitative estimate of drug-likeness (QED) is 0.440. The van der Waals surface area contributed by atoms with Gasteiger partial charge in [-0.3, -0.25) is 9.98 Å². The lowest BCUT2D eigenvalue weighted by Crippen LogP contribution is -2.41. The number of rotatable bonds is 5. The molecule has 0 unspecified atom stereocenters. The second-order valence-electron chi connectivity index (χ2n) is 6.08. The van der Waals surface area contributed by atoms with Gasteiger partial charge < -0.3 is 10.6 Å². The first kappa shape index (κ1) is 19.2. The molecule has 1 aliphatic carbocycles. The molecule has 1 aromatic heterocycles. The van der Waals surface area contributed by atoms with E-state index < -0.39 is 0 Å². The van der Waals surface area contributed by atoms with Gasteiger partial charge in [-0.25, -0.2) is 0 Å². The van der Waals surface area contributed by atoms with Crippen LogP contribution in [0.25, 0.3) is 0 Å². The summed E-state index contributed by atoms with van der Waals surface area (Å²) in [6.45, 7) is 4.26. The molecule has 0 spiro atoms. The van der Waals surface area contributed by atoms with Crippen molar-refractivity contribution < 1.29 is 0 Å². The summed E-state index contributed by atoms with van der Waals surface area (Å²) >= 11 is 0. The number of aromatic nitrogens is 1. The van der Waals surface area contributed by atoms with Crippen LogP contribution in [0, 0.1) is 11.8 Å². The molecule has 124 valence electrons. The van der Waals surface area contributed by atoms with Crippen LogP contribution in [0.2, 0.25) is 0 Å². The maximum Gasteiger partial charge on any atom is 0.190 e. The minimum atomic E-state index is 0. The highest BCUT2D eigenvalue weighted by molar-refractivity contribution is 14.0. The molecule has 22 heavy (non-hydrogen) atoms. The fourth-order valence-electron chi connectivity index (χ4n) is 2.85. The Kier molecular flexibility index (Phi) is 9.43. The molecule has 0 aliphatic heterocycles. The van der Waals surface area contributed by atoms with Crippen molar-refractivity contribution in [1.82, 2.24) is 15.6 Å². The highest BCUT2D eigenvalue weighted by Gasteiger charge is 2.18. The third-order valence-corrected chi connectivity index (χ3v) is 4.32. The van der Waals surface area contributed by atoms with E-state index in [1.807, 2.05) is 25.4 Å². The lowest BCUT2D eigenvalue weighted by atomic mass is 9.83. The van der Waals surface area contributed by atoms with Gasteiger partial charge in [-0.2, -0.15) is 0 Å². The number of aliphatic imine (C=N–C) groups is 1. The van der Waals surface area contributed by atoms with Crippen LogP contribution < -0.4 is 10.6 Å². The fraction of sp³-hybridized carbons (Fsp3) is 0.647. The lowest BCUT2D eigenvalue weighted by molar-refractivity contribution is 0.289. The number of nitrogens with zero attached hydrogens (tertiary/aromatic N) is 2. The Hall–Kier alpha value is -0.850. The third-order valence-electron chi connectivity index (χ3n) is 4.32. The van der Waals surface area contributed by atoms with Crippen LogP contribution >= 0.6 is 24.0 Å². The predicted molar refractivity (Wildman–Crippen MR) is 104 cm³/mol. The molecule has 1 aromatic rings. The van der Waals surface area contributed by atoms with E-state index in [1.165, 1.54) is 25.7 Å². The Morgan fingerprint density at radius 3 is 2.64 bits per heavy atom. The smallest absolute Gasteiger partial charge is 0.190 e. The Bertz CT molecular complexity index is 428. The Balaban J connectivity index is 0.00000242. The Labute approximate surface area is 151 Å². The standard InChI is InChI=1S/C17H28N4.HI/c1-14-6-8-15(9-7-14)13-21-17(18-2)20-12-10-16-5-3-4-11-19-16;/h3-5,11,14-15H,6-10,12-13H2,1-2H3,(H2,18,20,21);1H. The molecule has 0 amide bonds. The van der Waals surface area contributed by atoms with Crippen LogP contribution in [-0.2, 0) is 6.42 Å². The molecule has 1 saturated carbocycles. The molecule has 0 radical (unpaired) electrons. The Morgan fingerprint density at radius 1 is 1.23 bits per heavy atom. The zero-order valence-electron chi connectivity index (χ0n) is 13.7. The molecule has 0 atom stereocenters. The summed E-state index contributed by atoms with van der Waals surface area (Å²) in [6.07, 6.45) is 8.20. The van der Waals surface area contributed by atoms with Crippen molar-refractivity contribution in [3.8, 4) is 0 Å². The van der Waals surface area contributed by atoms with Gasteiger partial charge in [0.15, 0.2) is 5.96 Å². The summed E-state index contributed by atoms with van der Waals surface area (Å²) in [7, 11) is 1.83. The van der Waals surface area contributed by atoms with E-state index >= 15 is 0 Å². The van der Waals surface area contributed by atoms with Gasteiger partial charge in [0.2, 0.25) is 0 Å². The van der Waals surface area contributed by atoms with Crippen LogP contribution in [-0.4, -0.2) is 31.1 Å². The number of guanidine groups is 1. The zero-order valence-corrected chi connectivity index (χ0v) is 16.0. The summed E-state index contributed by atoms with van der Waals surface area (Å²) in [5.74, 6) is 2.62. The summed E-state index contributed by atoms with van der Waals surface area (Å²) in [5.41, 5.74) is 1.11. The maximum atomic E-state index is 4.33. The van der Waals surface area contributed by atoms with Gasteiger partial charge in [-0.05, 0) is 36.8 Å². The monoisotopic (exact) mass is 416 g/mol. The van der Waals surface area contributed by atoms with Crippen molar-refractivity contribution in [2.45, 2.75) is 39.0 Å². The van der Waals surface area contributed by atoms with Crippen LogP contribution in [0.4, 0.5) is 0 Å². The SMILES string of the molecule is CN=C(NCCc1ccccn1)NCC1CCC(C)CC1.I. The summed E-state index contributed by atoms with van der Waals surface area (Å²) in [4.78, 5) is 8.62. The van der Waals surface area contributed by atoms with Gasteiger partial charge in [0.1, 0.15) is 0 Å². The molecule has 2 N–H and O–H groups in total. The highest BCUT2D eigenvalue weighted by atomic mass is 127. The number of hydrogen-bond acceptors (Lipinski definition) is 2. The molecule has 1 fully saturated rings. The number of pyridine rings is 1. The molecule has 2 rings (SSSR count). The van der Waals surface area contributed by atoms with Gasteiger partial charge >= 0.3 is 0 Å². The summed E-state index contributed by atoms with van der Waals surface area (Å²) < 4.78 is 0. The topological polar surface area (TPSA) is 49.3 Å². The lowest BCUT2D eigenvalue weighted by Gasteiger charge is -2.26. The largest absolute Gasteiger partial charge is 0.356 e. The zero-order chi connectivity index (χ0) is 14.9. The number of hydrogen-bond donors (Lipinski definition) is 2. The van der Waals surface area contributed by atoms with Crippen LogP contribution in [0.15, 0.2) is 29.4 Å². The third kappa shape index (κ3) is 6.94. The normalized spacial score (nSPS) is 21.8. The van der Waals surface area contributed by atoms with E-state index in [2.05, 4.69) is 33.6 Å². The van der Waals surface area contributed by atoms with E-state index in [0.717, 1.165) is 43.0 Å². The van der Waals surface area contributed by atoms with Gasteiger partial charge in [-0.15, -0.1) is 24.0 Å². The first-order valence-electron chi connectivity index (χ1n) is 8.12. The van der Waals surface area contributed by atoms with Crippen molar-refractivity contribution in [1.29, 1.82) is 0 Å². The first-order chi connectivity index (χ1) is 10.3. The Morgan fingerprint density at radius 2 is 2.00 bits per heavy atom. The molecule has 5 heteroatoms. The summed E-state index contributed by atoms with van der Waals surface area (Å²) in [5, 5.41) is 6.82. The molecule has 0 saturated heterocycles. The van der Waals surface area contributed by atoms with Crippen molar-refractivity contribution in [3.63, 3.8) is 0 Å². The highest BCUT2D eigenvalue weighted by Crippen LogP contribution is 2.27. The molecule has 0 aromatic carbocycles. The van der Waals surface area contributed by atoms with E-state index in [-0.39, 0.29) is 24.0 Å². The van der Waals surface area contributed by atoms with Crippen molar-refractivity contribution in [2.24, 2.45) is 16.8 Å². The maximum absolute atomic E-state index is 4.33. The second-order valence-corrected chi connectivity index (χ2v) is 6.08. The molecule has 1 aliphatic rings. The number of halogens is 1. The average molecular weight is 416 g/mol. The molecule has 1 heterocycles. The van der Waals surface area contributed by atoms with Gasteiger partial charge in [0, 0.05) is 38.4 Å². The van der Waals surface area contributed by atoms with E-state index in [1.54, 1.807) is 0 Å². The molecular formula is C17H29IN4. The van der Waals surface area contributed by atoms with Gasteiger partial charge in [0.25, 0.3) is 0 Å². The van der Waals surface area contributed by atoms with Crippen LogP contribution in [0.1, 0.15) is 38.3 Å². The van der Waals surface area contributed by atoms with Gasteiger partial charge in [0.05, 0.1) is 0 Å². The van der Waals surface area contributed by atoms with E-state index in [9.17, 15) is 0 Å². The van der Waals surface area contributed by atoms with E-state index in [4.69, 9.17) is 0 Å². The van der Waals surface area contributed by atoms with Gasteiger partial charge in [-0.1, -0.05) is 25.8 Å². The predicted octanol–water partition coefficient (Wildman–Crippen LogP) is 3.23. The minimum Gasteiger partial charge on any atom is -0.356 e.